The van der Waals surface area contributed by atoms with E-state index in [2.05, 4.69) is 41.2 Å². The summed E-state index contributed by atoms with van der Waals surface area (Å²) in [7, 11) is 1.94. The Morgan fingerprint density at radius 1 is 0.840 bits per heavy atom. The highest BCUT2D eigenvalue weighted by molar-refractivity contribution is 5.85. The van der Waals surface area contributed by atoms with Crippen LogP contribution in [-0.2, 0) is 0 Å². The standard InChI is InChI=1S/C20H22N4O/c1-10-11(2)13(4)20(14(5)12(10)3)24-21-16-8-18-19(9-17(16)22-24)25-15(6)23(18)7/h8-9H,6H2,1-5,7H3. The van der Waals surface area contributed by atoms with E-state index in [4.69, 9.17) is 14.9 Å². The van der Waals surface area contributed by atoms with E-state index in [1.54, 1.807) is 4.80 Å². The number of rotatable bonds is 1. The minimum Gasteiger partial charge on any atom is -0.439 e. The van der Waals surface area contributed by atoms with Gasteiger partial charge in [0.25, 0.3) is 0 Å². The van der Waals surface area contributed by atoms with Crippen molar-refractivity contribution in [3.63, 3.8) is 0 Å². The molecule has 0 N–H and O–H groups in total. The molecule has 0 spiro atoms. The molecule has 128 valence electrons. The van der Waals surface area contributed by atoms with Crippen molar-refractivity contribution < 1.29 is 4.74 Å². The molecule has 0 aliphatic carbocycles. The fourth-order valence-electron chi connectivity index (χ4n) is 3.49. The van der Waals surface area contributed by atoms with Crippen LogP contribution >= 0.6 is 0 Å². The van der Waals surface area contributed by atoms with E-state index < -0.39 is 0 Å². The summed E-state index contributed by atoms with van der Waals surface area (Å²) in [6.45, 7) is 14.7. The van der Waals surface area contributed by atoms with Crippen molar-refractivity contribution in [1.29, 1.82) is 0 Å². The molecule has 0 atom stereocenters. The third kappa shape index (κ3) is 2.08. The van der Waals surface area contributed by atoms with Gasteiger partial charge in [0, 0.05) is 13.1 Å². The number of aromatic nitrogens is 3. The van der Waals surface area contributed by atoms with Crippen LogP contribution < -0.4 is 9.64 Å². The highest BCUT2D eigenvalue weighted by Gasteiger charge is 2.24. The second kappa shape index (κ2) is 5.09. The van der Waals surface area contributed by atoms with Crippen molar-refractivity contribution in [3.05, 3.63) is 52.4 Å². The number of hydrogen-bond acceptors (Lipinski definition) is 4. The maximum absolute atomic E-state index is 5.70. The van der Waals surface area contributed by atoms with E-state index in [1.165, 1.54) is 27.8 Å². The van der Waals surface area contributed by atoms with E-state index >= 15 is 0 Å². The normalized spacial score (nSPS) is 13.5. The molecule has 3 aromatic rings. The van der Waals surface area contributed by atoms with Crippen molar-refractivity contribution in [1.82, 2.24) is 15.0 Å². The third-order valence-corrected chi connectivity index (χ3v) is 5.58. The van der Waals surface area contributed by atoms with Gasteiger partial charge in [-0.1, -0.05) is 0 Å². The van der Waals surface area contributed by atoms with Crippen LogP contribution in [0, 0.1) is 34.6 Å². The van der Waals surface area contributed by atoms with Crippen LogP contribution in [0.15, 0.2) is 24.6 Å². The molecule has 2 heterocycles. The first-order chi connectivity index (χ1) is 11.8. The molecular formula is C20H22N4O. The number of benzene rings is 2. The predicted octanol–water partition coefficient (Wildman–Crippen LogP) is 4.26. The molecule has 1 aromatic heterocycles. The zero-order valence-electron chi connectivity index (χ0n) is 15.6. The Labute approximate surface area is 147 Å². The molecule has 4 rings (SSSR count). The highest BCUT2D eigenvalue weighted by atomic mass is 16.5. The average Bonchev–Trinajstić information content (AvgIpc) is 3.10. The van der Waals surface area contributed by atoms with Gasteiger partial charge in [-0.3, -0.25) is 0 Å². The Kier molecular flexibility index (Phi) is 3.19. The Morgan fingerprint density at radius 2 is 1.36 bits per heavy atom. The van der Waals surface area contributed by atoms with E-state index in [9.17, 15) is 0 Å². The molecule has 1 aliphatic heterocycles. The van der Waals surface area contributed by atoms with Gasteiger partial charge in [0.2, 0.25) is 0 Å². The second-order valence-electron chi connectivity index (χ2n) is 6.83. The first-order valence-electron chi connectivity index (χ1n) is 8.38. The van der Waals surface area contributed by atoms with Crippen molar-refractivity contribution in [2.24, 2.45) is 0 Å². The van der Waals surface area contributed by atoms with Crippen molar-refractivity contribution in [2.75, 3.05) is 11.9 Å². The van der Waals surface area contributed by atoms with Gasteiger partial charge < -0.3 is 9.64 Å². The summed E-state index contributed by atoms with van der Waals surface area (Å²) >= 11 is 0. The lowest BCUT2D eigenvalue weighted by Gasteiger charge is -2.17. The number of ether oxygens (including phenoxy) is 1. The zero-order valence-corrected chi connectivity index (χ0v) is 15.6. The molecule has 0 amide bonds. The molecule has 25 heavy (non-hydrogen) atoms. The van der Waals surface area contributed by atoms with Gasteiger partial charge in [0.1, 0.15) is 11.0 Å². The van der Waals surface area contributed by atoms with Gasteiger partial charge in [-0.15, -0.1) is 15.0 Å². The smallest absolute Gasteiger partial charge is 0.193 e. The van der Waals surface area contributed by atoms with Crippen molar-refractivity contribution >= 4 is 16.7 Å². The molecule has 2 aromatic carbocycles. The fraction of sp³-hybridized carbons (Fsp3) is 0.300. The Hall–Kier alpha value is -2.82. The first-order valence-corrected chi connectivity index (χ1v) is 8.38. The van der Waals surface area contributed by atoms with Crippen LogP contribution in [-0.4, -0.2) is 22.0 Å². The number of hydrogen-bond donors (Lipinski definition) is 0. The minimum absolute atomic E-state index is 0.618. The quantitative estimate of drug-likeness (QED) is 0.667. The van der Waals surface area contributed by atoms with Crippen LogP contribution in [0.4, 0.5) is 5.69 Å². The molecule has 5 nitrogen and oxygen atoms in total. The lowest BCUT2D eigenvalue weighted by Crippen LogP contribution is -2.11. The van der Waals surface area contributed by atoms with Crippen molar-refractivity contribution in [2.45, 2.75) is 34.6 Å². The maximum atomic E-state index is 5.70. The van der Waals surface area contributed by atoms with E-state index in [0.29, 0.717) is 5.88 Å². The second-order valence-corrected chi connectivity index (χ2v) is 6.83. The Morgan fingerprint density at radius 3 is 1.96 bits per heavy atom. The van der Waals surface area contributed by atoms with Gasteiger partial charge in [-0.05, 0) is 75.1 Å². The lowest BCUT2D eigenvalue weighted by atomic mass is 9.93. The predicted molar refractivity (Wildman–Crippen MR) is 101 cm³/mol. The highest BCUT2D eigenvalue weighted by Crippen LogP contribution is 2.39. The van der Waals surface area contributed by atoms with Crippen molar-refractivity contribution in [3.8, 4) is 11.4 Å². The fourth-order valence-corrected chi connectivity index (χ4v) is 3.49. The summed E-state index contributed by atoms with van der Waals surface area (Å²) < 4.78 is 5.70. The molecule has 0 saturated heterocycles. The Balaban J connectivity index is 1.95. The number of nitrogens with zero attached hydrogens (tertiary/aromatic N) is 4. The number of fused-ring (bicyclic) bond motifs is 2. The molecule has 0 saturated carbocycles. The summed E-state index contributed by atoms with van der Waals surface area (Å²) in [6.07, 6.45) is 0. The van der Waals surface area contributed by atoms with Gasteiger partial charge in [0.05, 0.1) is 11.4 Å². The summed E-state index contributed by atoms with van der Waals surface area (Å²) in [6, 6.07) is 3.94. The zero-order chi connectivity index (χ0) is 18.0. The maximum Gasteiger partial charge on any atom is 0.193 e. The molecule has 0 bridgehead atoms. The molecule has 0 unspecified atom stereocenters. The van der Waals surface area contributed by atoms with Gasteiger partial charge in [0.15, 0.2) is 11.6 Å². The van der Waals surface area contributed by atoms with Crippen LogP contribution in [0.25, 0.3) is 16.7 Å². The minimum atomic E-state index is 0.618. The molecule has 0 fully saturated rings. The Bertz CT molecular complexity index is 1030. The van der Waals surface area contributed by atoms with E-state index in [1.807, 2.05) is 24.1 Å². The molecule has 5 heteroatoms. The lowest BCUT2D eigenvalue weighted by molar-refractivity contribution is 0.447. The summed E-state index contributed by atoms with van der Waals surface area (Å²) in [5.74, 6) is 1.39. The summed E-state index contributed by atoms with van der Waals surface area (Å²) in [4.78, 5) is 3.68. The average molecular weight is 334 g/mol. The topological polar surface area (TPSA) is 43.2 Å². The number of anilines is 1. The molecule has 1 aliphatic rings. The van der Waals surface area contributed by atoms with E-state index in [0.717, 1.165) is 28.2 Å². The molecular weight excluding hydrogens is 312 g/mol. The third-order valence-electron chi connectivity index (χ3n) is 5.58. The molecule has 0 radical (unpaired) electrons. The largest absolute Gasteiger partial charge is 0.439 e. The van der Waals surface area contributed by atoms with E-state index in [-0.39, 0.29) is 0 Å². The monoisotopic (exact) mass is 334 g/mol. The SMILES string of the molecule is C=C1Oc2cc3nn(-c4c(C)c(C)c(C)c(C)c4C)nc3cc2N1C. The van der Waals surface area contributed by atoms with Crippen LogP contribution in [0.2, 0.25) is 0 Å². The van der Waals surface area contributed by atoms with Gasteiger partial charge >= 0.3 is 0 Å². The summed E-state index contributed by atoms with van der Waals surface area (Å²) in [5, 5.41) is 9.47. The van der Waals surface area contributed by atoms with Crippen LogP contribution in [0.3, 0.4) is 0 Å². The van der Waals surface area contributed by atoms with Crippen LogP contribution in [0.5, 0.6) is 5.75 Å². The van der Waals surface area contributed by atoms with Gasteiger partial charge in [-0.2, -0.15) is 0 Å². The first kappa shape index (κ1) is 15.7. The van der Waals surface area contributed by atoms with Crippen LogP contribution in [0.1, 0.15) is 27.8 Å². The summed E-state index contributed by atoms with van der Waals surface area (Å²) in [5.41, 5.74) is 10.1. The van der Waals surface area contributed by atoms with Gasteiger partial charge in [-0.25, -0.2) is 0 Å².